The lowest BCUT2D eigenvalue weighted by Gasteiger charge is -1.94. The topological polar surface area (TPSA) is 17.1 Å². The van der Waals surface area contributed by atoms with Gasteiger partial charge in [-0.3, -0.25) is 4.79 Å². The molecule has 0 radical (unpaired) electrons. The van der Waals surface area contributed by atoms with E-state index in [-0.39, 0.29) is 5.78 Å². The van der Waals surface area contributed by atoms with Crippen LogP contribution in [0.3, 0.4) is 0 Å². The first kappa shape index (κ1) is 10.4. The minimum Gasteiger partial charge on any atom is -0.295 e. The molecule has 0 aliphatic heterocycles. The lowest BCUT2D eigenvalue weighted by Crippen LogP contribution is -1.93. The van der Waals surface area contributed by atoms with Crippen molar-refractivity contribution in [3.8, 4) is 0 Å². The molecule has 0 heterocycles. The Balaban J connectivity index is 0.000000461. The van der Waals surface area contributed by atoms with Crippen molar-refractivity contribution in [3.63, 3.8) is 0 Å². The van der Waals surface area contributed by atoms with Gasteiger partial charge < -0.3 is 0 Å². The first-order valence-electron chi connectivity index (χ1n) is 4.41. The average molecular weight is 154 g/mol. The fourth-order valence-corrected chi connectivity index (χ4v) is 1.37. The second-order valence-corrected chi connectivity index (χ2v) is 2.67. The van der Waals surface area contributed by atoms with Crippen LogP contribution in [0.5, 0.6) is 0 Å². The molecule has 0 amide bonds. The highest BCUT2D eigenvalue weighted by Gasteiger charge is 2.13. The van der Waals surface area contributed by atoms with Gasteiger partial charge in [0.2, 0.25) is 0 Å². The maximum Gasteiger partial charge on any atom is 0.155 e. The van der Waals surface area contributed by atoms with Crippen LogP contribution < -0.4 is 0 Å². The van der Waals surface area contributed by atoms with E-state index in [0.717, 1.165) is 18.4 Å². The van der Waals surface area contributed by atoms with Crippen molar-refractivity contribution in [2.24, 2.45) is 0 Å². The second-order valence-electron chi connectivity index (χ2n) is 2.67. The SMILES string of the molecule is CC.CC(=O)C1=C(C)CCC1. The van der Waals surface area contributed by atoms with E-state index in [0.29, 0.717) is 0 Å². The predicted octanol–water partition coefficient (Wildman–Crippen LogP) is 3.10. The molecule has 1 aliphatic carbocycles. The number of hydrogen-bond acceptors (Lipinski definition) is 1. The van der Waals surface area contributed by atoms with Crippen molar-refractivity contribution in [1.82, 2.24) is 0 Å². The zero-order valence-corrected chi connectivity index (χ0v) is 8.03. The third-order valence-corrected chi connectivity index (χ3v) is 1.92. The summed E-state index contributed by atoms with van der Waals surface area (Å²) < 4.78 is 0. The van der Waals surface area contributed by atoms with Crippen LogP contribution in [0.1, 0.15) is 47.0 Å². The number of ketones is 1. The minimum atomic E-state index is 0.269. The van der Waals surface area contributed by atoms with Gasteiger partial charge in [0, 0.05) is 0 Å². The number of allylic oxidation sites excluding steroid dienone is 2. The molecule has 0 atom stereocenters. The Morgan fingerprint density at radius 3 is 2.00 bits per heavy atom. The third-order valence-electron chi connectivity index (χ3n) is 1.92. The third kappa shape index (κ3) is 2.87. The van der Waals surface area contributed by atoms with Crippen molar-refractivity contribution < 1.29 is 4.79 Å². The summed E-state index contributed by atoms with van der Waals surface area (Å²) in [4.78, 5) is 10.8. The molecule has 0 saturated carbocycles. The molecule has 1 rings (SSSR count). The fourth-order valence-electron chi connectivity index (χ4n) is 1.37. The molecule has 0 saturated heterocycles. The van der Waals surface area contributed by atoms with E-state index >= 15 is 0 Å². The van der Waals surface area contributed by atoms with Gasteiger partial charge in [0.15, 0.2) is 5.78 Å². The van der Waals surface area contributed by atoms with Gasteiger partial charge in [-0.05, 0) is 38.7 Å². The molecule has 1 aliphatic rings. The van der Waals surface area contributed by atoms with Crippen LogP contribution in [0, 0.1) is 0 Å². The molecule has 1 heteroatoms. The van der Waals surface area contributed by atoms with Gasteiger partial charge in [-0.1, -0.05) is 19.4 Å². The van der Waals surface area contributed by atoms with Crippen molar-refractivity contribution in [2.75, 3.05) is 0 Å². The Morgan fingerprint density at radius 2 is 1.82 bits per heavy atom. The highest BCUT2D eigenvalue weighted by atomic mass is 16.1. The fraction of sp³-hybridized carbons (Fsp3) is 0.700. The van der Waals surface area contributed by atoms with E-state index in [4.69, 9.17) is 0 Å². The molecule has 0 aromatic carbocycles. The maximum absolute atomic E-state index is 10.8. The van der Waals surface area contributed by atoms with E-state index < -0.39 is 0 Å². The van der Waals surface area contributed by atoms with Gasteiger partial charge in [0.25, 0.3) is 0 Å². The molecule has 0 spiro atoms. The summed E-state index contributed by atoms with van der Waals surface area (Å²) in [5.74, 6) is 0.269. The Bertz CT molecular complexity index is 166. The summed E-state index contributed by atoms with van der Waals surface area (Å²) in [5, 5.41) is 0. The summed E-state index contributed by atoms with van der Waals surface area (Å²) in [6.45, 7) is 7.72. The zero-order chi connectivity index (χ0) is 8.85. The normalized spacial score (nSPS) is 16.0. The van der Waals surface area contributed by atoms with Crippen LogP contribution in [0.2, 0.25) is 0 Å². The summed E-state index contributed by atoms with van der Waals surface area (Å²) in [5.41, 5.74) is 2.39. The predicted molar refractivity (Wildman–Crippen MR) is 48.6 cm³/mol. The van der Waals surface area contributed by atoms with Gasteiger partial charge in [0.1, 0.15) is 0 Å². The zero-order valence-electron chi connectivity index (χ0n) is 8.03. The molecular formula is C10H18O. The van der Waals surface area contributed by atoms with Crippen LogP contribution in [0.15, 0.2) is 11.1 Å². The Kier molecular flexibility index (Phi) is 4.84. The van der Waals surface area contributed by atoms with E-state index in [1.807, 2.05) is 13.8 Å². The summed E-state index contributed by atoms with van der Waals surface area (Å²) in [7, 11) is 0. The quantitative estimate of drug-likeness (QED) is 0.567. The largest absolute Gasteiger partial charge is 0.295 e. The first-order chi connectivity index (χ1) is 5.22. The van der Waals surface area contributed by atoms with E-state index in [1.165, 1.54) is 12.0 Å². The Labute approximate surface area is 69.5 Å². The van der Waals surface area contributed by atoms with Crippen molar-refractivity contribution >= 4 is 5.78 Å². The van der Waals surface area contributed by atoms with Crippen LogP contribution >= 0.6 is 0 Å². The lowest BCUT2D eigenvalue weighted by molar-refractivity contribution is -0.113. The van der Waals surface area contributed by atoms with Crippen LogP contribution in [-0.2, 0) is 4.79 Å². The lowest BCUT2D eigenvalue weighted by atomic mass is 10.1. The molecule has 0 unspecified atom stereocenters. The Morgan fingerprint density at radius 1 is 1.27 bits per heavy atom. The minimum absolute atomic E-state index is 0.269. The highest BCUT2D eigenvalue weighted by Crippen LogP contribution is 2.25. The molecular weight excluding hydrogens is 136 g/mol. The maximum atomic E-state index is 10.8. The van der Waals surface area contributed by atoms with E-state index in [2.05, 4.69) is 6.92 Å². The van der Waals surface area contributed by atoms with E-state index in [1.54, 1.807) is 6.92 Å². The van der Waals surface area contributed by atoms with Crippen LogP contribution in [0.25, 0.3) is 0 Å². The monoisotopic (exact) mass is 154 g/mol. The molecule has 0 aromatic rings. The van der Waals surface area contributed by atoms with Gasteiger partial charge in [0.05, 0.1) is 0 Å². The Hall–Kier alpha value is -0.590. The number of carbonyl (C=O) groups excluding carboxylic acids is 1. The average Bonchev–Trinajstić information content (AvgIpc) is 2.39. The molecule has 1 nitrogen and oxygen atoms in total. The number of carbonyl (C=O) groups is 1. The molecule has 11 heavy (non-hydrogen) atoms. The van der Waals surface area contributed by atoms with Crippen molar-refractivity contribution in [2.45, 2.75) is 47.0 Å². The second kappa shape index (κ2) is 5.11. The number of Topliss-reactive ketones (excluding diaryl/α,β-unsaturated/α-hetero) is 1. The summed E-state index contributed by atoms with van der Waals surface area (Å²) in [6.07, 6.45) is 3.33. The van der Waals surface area contributed by atoms with Crippen LogP contribution in [0.4, 0.5) is 0 Å². The van der Waals surface area contributed by atoms with Crippen molar-refractivity contribution in [3.05, 3.63) is 11.1 Å². The smallest absolute Gasteiger partial charge is 0.155 e. The summed E-state index contributed by atoms with van der Waals surface area (Å²) in [6, 6.07) is 0. The first-order valence-corrected chi connectivity index (χ1v) is 4.41. The van der Waals surface area contributed by atoms with Gasteiger partial charge in [-0.25, -0.2) is 0 Å². The summed E-state index contributed by atoms with van der Waals surface area (Å²) >= 11 is 0. The number of hydrogen-bond donors (Lipinski definition) is 0. The van der Waals surface area contributed by atoms with Gasteiger partial charge in [-0.2, -0.15) is 0 Å². The number of rotatable bonds is 1. The molecule has 0 bridgehead atoms. The highest BCUT2D eigenvalue weighted by molar-refractivity contribution is 5.94. The molecule has 0 fully saturated rings. The van der Waals surface area contributed by atoms with Gasteiger partial charge >= 0.3 is 0 Å². The van der Waals surface area contributed by atoms with Gasteiger partial charge in [-0.15, -0.1) is 0 Å². The molecule has 0 N–H and O–H groups in total. The molecule has 64 valence electrons. The van der Waals surface area contributed by atoms with E-state index in [9.17, 15) is 4.79 Å². The van der Waals surface area contributed by atoms with Crippen molar-refractivity contribution in [1.29, 1.82) is 0 Å². The standard InChI is InChI=1S/C8H12O.C2H6/c1-6-4-3-5-8(6)7(2)9;1-2/h3-5H2,1-2H3;1-2H3. The molecule has 0 aromatic heterocycles. The van der Waals surface area contributed by atoms with Crippen LogP contribution in [-0.4, -0.2) is 5.78 Å².